The number of benzene rings is 6. The van der Waals surface area contributed by atoms with Crippen LogP contribution in [0.2, 0.25) is 0 Å². The van der Waals surface area contributed by atoms with Crippen LogP contribution in [-0.4, -0.2) is 9.78 Å². The molecule has 0 aliphatic rings. The summed E-state index contributed by atoms with van der Waals surface area (Å²) in [5.74, 6) is 0.825. The number of hydrogen-bond acceptors (Lipinski definition) is 1. The Bertz CT molecular complexity index is 1900. The van der Waals surface area contributed by atoms with Gasteiger partial charge in [-0.1, -0.05) is 130 Å². The van der Waals surface area contributed by atoms with Gasteiger partial charge in [0.25, 0.3) is 0 Å². The fourth-order valence-corrected chi connectivity index (χ4v) is 5.78. The van der Waals surface area contributed by atoms with E-state index in [1.54, 1.807) is 0 Å². The average molecular weight is 775 g/mol. The van der Waals surface area contributed by atoms with E-state index in [0.29, 0.717) is 11.8 Å². The van der Waals surface area contributed by atoms with E-state index in [0.717, 1.165) is 40.0 Å². The normalized spacial score (nSPS) is 10.8. The first-order valence-electron chi connectivity index (χ1n) is 18.0. The number of hydrogen-bond donors (Lipinski definition) is 0. The number of fused-ring (bicyclic) bond motifs is 1. The maximum absolute atomic E-state index is 5.45. The monoisotopic (exact) mass is 773 g/mol. The first-order chi connectivity index (χ1) is 25.1. The molecule has 0 fully saturated rings. The van der Waals surface area contributed by atoms with Gasteiger partial charge in [-0.25, -0.2) is 0 Å². The molecule has 3 nitrogen and oxygen atoms in total. The van der Waals surface area contributed by atoms with Gasteiger partial charge >= 0.3 is 26.2 Å². The summed E-state index contributed by atoms with van der Waals surface area (Å²) in [6.45, 7) is 20.2. The SMILES string of the molecule is CC(C)c1cccc(C(C)C)c1[N-]C(Cc1ccccc1)c1nn(C)c2ccccc12.[CH2-]c1ccccc1.[CH2-]c1ccccc1.[CH2-]c1ccccc1.[Zr+3]. The molecule has 0 spiro atoms. The molecule has 1 aromatic heterocycles. The molecule has 0 saturated carbocycles. The van der Waals surface area contributed by atoms with Gasteiger partial charge in [-0.3, -0.25) is 4.68 Å². The number of aryl methyl sites for hydroxylation is 1. The third-order valence-corrected chi connectivity index (χ3v) is 8.53. The van der Waals surface area contributed by atoms with Crippen molar-refractivity contribution in [3.8, 4) is 0 Å². The van der Waals surface area contributed by atoms with Crippen LogP contribution < -0.4 is 0 Å². The Kier molecular flexibility index (Phi) is 17.8. The van der Waals surface area contributed by atoms with Crippen LogP contribution in [0.3, 0.4) is 0 Å². The molecule has 0 aliphatic heterocycles. The number of para-hydroxylation sites is 2. The second-order valence-electron chi connectivity index (χ2n) is 13.4. The molecular weight excluding hydrogens is 722 g/mol. The summed E-state index contributed by atoms with van der Waals surface area (Å²) in [7, 11) is 2.02. The minimum Gasteiger partial charge on any atom is -0.676 e. The Labute approximate surface area is 338 Å². The van der Waals surface area contributed by atoms with E-state index in [9.17, 15) is 0 Å². The standard InChI is InChI=1S/C28H32N3.3C7H7.Zr/c1-19(2)22-15-11-16-23(20(3)4)27(22)29-25(18-21-12-7-6-8-13-21)28-24-14-9-10-17-26(24)31(5)30-28;3*1-7-5-3-2-4-6-7;/h6-17,19-20,25H,18H2,1-5H3;3*2-6H,1H2;/q4*-1;+3. The van der Waals surface area contributed by atoms with Crippen LogP contribution in [0.15, 0.2) is 164 Å². The average Bonchev–Trinajstić information content (AvgIpc) is 3.49. The van der Waals surface area contributed by atoms with E-state index in [2.05, 4.69) is 121 Å². The molecule has 7 aromatic rings. The van der Waals surface area contributed by atoms with Crippen molar-refractivity contribution in [1.29, 1.82) is 0 Å². The second kappa shape index (κ2) is 22.2. The summed E-state index contributed by atoms with van der Waals surface area (Å²) in [5.41, 5.74) is 10.4. The smallest absolute Gasteiger partial charge is 0.676 e. The molecule has 1 heterocycles. The van der Waals surface area contributed by atoms with Crippen molar-refractivity contribution in [1.82, 2.24) is 9.78 Å². The van der Waals surface area contributed by atoms with Crippen molar-refractivity contribution >= 4 is 16.6 Å². The van der Waals surface area contributed by atoms with Crippen molar-refractivity contribution in [2.75, 3.05) is 0 Å². The van der Waals surface area contributed by atoms with Crippen molar-refractivity contribution in [2.24, 2.45) is 7.05 Å². The molecule has 1 atom stereocenters. The fraction of sp³-hybridized carbons (Fsp3) is 0.184. The second-order valence-corrected chi connectivity index (χ2v) is 13.4. The molecule has 0 bridgehead atoms. The fourth-order valence-electron chi connectivity index (χ4n) is 5.78. The Morgan fingerprint density at radius 3 is 1.32 bits per heavy atom. The third kappa shape index (κ3) is 13.5. The zero-order valence-corrected chi connectivity index (χ0v) is 34.4. The van der Waals surface area contributed by atoms with Crippen molar-refractivity contribution in [3.63, 3.8) is 0 Å². The van der Waals surface area contributed by atoms with E-state index < -0.39 is 0 Å². The van der Waals surface area contributed by atoms with E-state index >= 15 is 0 Å². The quantitative estimate of drug-likeness (QED) is 0.148. The van der Waals surface area contributed by atoms with Gasteiger partial charge in [0.15, 0.2) is 0 Å². The Morgan fingerprint density at radius 1 is 0.528 bits per heavy atom. The minimum absolute atomic E-state index is 0. The molecule has 0 amide bonds. The maximum atomic E-state index is 5.45. The summed E-state index contributed by atoms with van der Waals surface area (Å²) in [4.78, 5) is 0. The molecule has 7 rings (SSSR count). The number of aromatic nitrogens is 2. The van der Waals surface area contributed by atoms with E-state index in [-0.39, 0.29) is 32.2 Å². The molecule has 1 radical (unpaired) electrons. The van der Waals surface area contributed by atoms with Gasteiger partial charge in [-0.05, 0) is 29.9 Å². The van der Waals surface area contributed by atoms with Gasteiger partial charge in [-0.2, -0.15) is 79.0 Å². The van der Waals surface area contributed by atoms with E-state index in [1.807, 2.05) is 103 Å². The Hall–Kier alpha value is -4.92. The minimum atomic E-state index is -0.0501. The summed E-state index contributed by atoms with van der Waals surface area (Å²) in [6, 6.07) is 55.3. The predicted molar refractivity (Wildman–Crippen MR) is 224 cm³/mol. The molecule has 4 heteroatoms. The van der Waals surface area contributed by atoms with Crippen LogP contribution in [-0.2, 0) is 39.7 Å². The van der Waals surface area contributed by atoms with E-state index in [1.165, 1.54) is 22.1 Å². The van der Waals surface area contributed by atoms with Gasteiger partial charge < -0.3 is 5.32 Å². The van der Waals surface area contributed by atoms with Gasteiger partial charge in [0.2, 0.25) is 0 Å². The van der Waals surface area contributed by atoms with E-state index in [4.69, 9.17) is 10.4 Å². The Morgan fingerprint density at radius 2 is 0.925 bits per heavy atom. The van der Waals surface area contributed by atoms with Crippen LogP contribution in [0.5, 0.6) is 0 Å². The van der Waals surface area contributed by atoms with Crippen molar-refractivity contribution in [2.45, 2.75) is 52.0 Å². The van der Waals surface area contributed by atoms with Gasteiger partial charge in [0.1, 0.15) is 0 Å². The van der Waals surface area contributed by atoms with Gasteiger partial charge in [0, 0.05) is 12.4 Å². The summed E-state index contributed by atoms with van der Waals surface area (Å²) in [6.07, 6.45) is 0.825. The largest absolute Gasteiger partial charge is 3.00 e. The molecular formula is C49H53N3Zr-. The zero-order valence-electron chi connectivity index (χ0n) is 32.0. The number of rotatable bonds is 7. The van der Waals surface area contributed by atoms with Crippen molar-refractivity contribution in [3.05, 3.63) is 229 Å². The summed E-state index contributed by atoms with van der Waals surface area (Å²) < 4.78 is 1.98. The van der Waals surface area contributed by atoms with Crippen molar-refractivity contribution < 1.29 is 26.2 Å². The molecule has 0 N–H and O–H groups in total. The zero-order chi connectivity index (χ0) is 37.3. The number of nitrogens with zero attached hydrogens (tertiary/aromatic N) is 3. The first-order valence-corrected chi connectivity index (χ1v) is 18.0. The first kappa shape index (κ1) is 42.5. The van der Waals surface area contributed by atoms with Gasteiger partial charge in [-0.15, -0.1) is 42.1 Å². The van der Waals surface area contributed by atoms with Gasteiger partial charge in [0.05, 0.1) is 11.2 Å². The predicted octanol–water partition coefficient (Wildman–Crippen LogP) is 13.4. The summed E-state index contributed by atoms with van der Waals surface area (Å²) >= 11 is 0. The molecule has 1 unspecified atom stereocenters. The third-order valence-electron chi connectivity index (χ3n) is 8.53. The maximum Gasteiger partial charge on any atom is 3.00 e. The van der Waals surface area contributed by atoms with Crippen LogP contribution in [0.1, 0.15) is 84.6 Å². The van der Waals surface area contributed by atoms with Crippen LogP contribution in [0.25, 0.3) is 16.2 Å². The van der Waals surface area contributed by atoms with Crippen LogP contribution in [0.4, 0.5) is 5.69 Å². The molecule has 0 aliphatic carbocycles. The Balaban J connectivity index is 0.000000275. The summed E-state index contributed by atoms with van der Waals surface area (Å²) in [5, 5.41) is 11.6. The van der Waals surface area contributed by atoms with Crippen LogP contribution in [0, 0.1) is 20.8 Å². The molecule has 53 heavy (non-hydrogen) atoms. The topological polar surface area (TPSA) is 31.9 Å². The molecule has 0 saturated heterocycles. The molecule has 269 valence electrons. The van der Waals surface area contributed by atoms with Crippen LogP contribution >= 0.6 is 0 Å². The molecule has 6 aromatic carbocycles.